The van der Waals surface area contributed by atoms with E-state index in [0.29, 0.717) is 5.41 Å². The summed E-state index contributed by atoms with van der Waals surface area (Å²) in [6.07, 6.45) is 10.4. The van der Waals surface area contributed by atoms with E-state index in [0.717, 1.165) is 17.7 Å². The zero-order valence-electron chi connectivity index (χ0n) is 16.7. The largest absolute Gasteiger partial charge is 0.355 e. The Hall–Kier alpha value is -1.16. The average Bonchev–Trinajstić information content (AvgIpc) is 2.59. The van der Waals surface area contributed by atoms with Crippen molar-refractivity contribution in [1.82, 2.24) is 14.9 Å². The molecule has 2 aliphatic rings. The maximum absolute atomic E-state index is 4.48. The highest BCUT2D eigenvalue weighted by atomic mass is 15.3. The summed E-state index contributed by atoms with van der Waals surface area (Å²) in [5, 5.41) is 0. The smallest absolute Gasteiger partial charge is 0.134 e. The van der Waals surface area contributed by atoms with Crippen molar-refractivity contribution < 1.29 is 0 Å². The Morgan fingerprint density at radius 1 is 1.12 bits per heavy atom. The van der Waals surface area contributed by atoms with Crippen LogP contribution in [0.15, 0.2) is 12.5 Å². The van der Waals surface area contributed by atoms with E-state index >= 15 is 0 Å². The molecule has 3 rings (SSSR count). The van der Waals surface area contributed by atoms with Crippen LogP contribution in [0.25, 0.3) is 0 Å². The molecule has 4 heteroatoms. The van der Waals surface area contributed by atoms with Gasteiger partial charge in [-0.05, 0) is 51.1 Å². The van der Waals surface area contributed by atoms with Crippen LogP contribution in [-0.2, 0) is 0 Å². The van der Waals surface area contributed by atoms with Crippen molar-refractivity contribution in [3.8, 4) is 0 Å². The number of piperidine rings is 1. The van der Waals surface area contributed by atoms with Crippen LogP contribution in [0.5, 0.6) is 0 Å². The minimum absolute atomic E-state index is 0.549. The van der Waals surface area contributed by atoms with E-state index in [1.165, 1.54) is 70.4 Å². The lowest BCUT2D eigenvalue weighted by atomic mass is 9.71. The lowest BCUT2D eigenvalue weighted by Gasteiger charge is -2.55. The van der Waals surface area contributed by atoms with Crippen LogP contribution < -0.4 is 4.90 Å². The predicted molar refractivity (Wildman–Crippen MR) is 105 cm³/mol. The van der Waals surface area contributed by atoms with Crippen LogP contribution in [-0.4, -0.2) is 47.6 Å². The van der Waals surface area contributed by atoms with Crippen LogP contribution in [0.1, 0.15) is 58.4 Å². The number of nitrogens with zero attached hydrogens (tertiary/aromatic N) is 4. The van der Waals surface area contributed by atoms with Gasteiger partial charge in [0, 0.05) is 36.8 Å². The second-order valence-electron chi connectivity index (χ2n) is 8.88. The fourth-order valence-electron chi connectivity index (χ4n) is 4.47. The van der Waals surface area contributed by atoms with Crippen molar-refractivity contribution >= 4 is 5.82 Å². The highest BCUT2D eigenvalue weighted by Crippen LogP contribution is 2.42. The molecule has 1 aromatic heterocycles. The van der Waals surface area contributed by atoms with Gasteiger partial charge in [-0.1, -0.05) is 33.6 Å². The summed E-state index contributed by atoms with van der Waals surface area (Å²) in [6, 6.07) is 0. The van der Waals surface area contributed by atoms with Crippen LogP contribution in [0, 0.1) is 24.2 Å². The number of aryl methyl sites for hydroxylation is 1. The van der Waals surface area contributed by atoms with E-state index < -0.39 is 0 Å². The van der Waals surface area contributed by atoms with Crippen molar-refractivity contribution in [3.05, 3.63) is 18.1 Å². The monoisotopic (exact) mass is 344 g/mol. The molecular formula is C21H36N4. The van der Waals surface area contributed by atoms with Gasteiger partial charge in [0.05, 0.1) is 0 Å². The quantitative estimate of drug-likeness (QED) is 0.744. The summed E-state index contributed by atoms with van der Waals surface area (Å²) >= 11 is 0. The lowest BCUT2D eigenvalue weighted by molar-refractivity contribution is 0.0670. The first-order chi connectivity index (χ1) is 12.0. The van der Waals surface area contributed by atoms with Gasteiger partial charge in [0.15, 0.2) is 0 Å². The van der Waals surface area contributed by atoms with E-state index in [1.54, 1.807) is 6.33 Å². The molecule has 2 atom stereocenters. The minimum Gasteiger partial charge on any atom is -0.355 e. The van der Waals surface area contributed by atoms with Gasteiger partial charge in [0.25, 0.3) is 0 Å². The lowest BCUT2D eigenvalue weighted by Crippen LogP contribution is -2.61. The van der Waals surface area contributed by atoms with Crippen molar-refractivity contribution in [2.75, 3.05) is 37.6 Å². The van der Waals surface area contributed by atoms with Crippen molar-refractivity contribution in [1.29, 1.82) is 0 Å². The Morgan fingerprint density at radius 2 is 1.80 bits per heavy atom. The molecule has 2 saturated heterocycles. The molecule has 1 aromatic rings. The fourth-order valence-corrected chi connectivity index (χ4v) is 4.47. The summed E-state index contributed by atoms with van der Waals surface area (Å²) in [5.41, 5.74) is 1.75. The topological polar surface area (TPSA) is 32.3 Å². The van der Waals surface area contributed by atoms with Crippen LogP contribution in [0.3, 0.4) is 0 Å². The normalized spacial score (nSPS) is 22.6. The van der Waals surface area contributed by atoms with Crippen LogP contribution >= 0.6 is 0 Å². The first-order valence-corrected chi connectivity index (χ1v) is 10.3. The number of aromatic nitrogens is 2. The van der Waals surface area contributed by atoms with Gasteiger partial charge in [0.2, 0.25) is 0 Å². The highest BCUT2D eigenvalue weighted by Gasteiger charge is 2.45. The third kappa shape index (κ3) is 4.52. The first kappa shape index (κ1) is 18.6. The maximum atomic E-state index is 4.48. The zero-order chi connectivity index (χ0) is 17.9. The second-order valence-corrected chi connectivity index (χ2v) is 8.88. The molecule has 0 saturated carbocycles. The Morgan fingerprint density at radius 3 is 2.44 bits per heavy atom. The van der Waals surface area contributed by atoms with Gasteiger partial charge in [-0.2, -0.15) is 0 Å². The molecule has 140 valence electrons. The van der Waals surface area contributed by atoms with Crippen molar-refractivity contribution in [3.63, 3.8) is 0 Å². The summed E-state index contributed by atoms with van der Waals surface area (Å²) in [5.74, 6) is 2.87. The Balaban J connectivity index is 1.40. The molecular weight excluding hydrogens is 308 g/mol. The van der Waals surface area contributed by atoms with Gasteiger partial charge in [-0.15, -0.1) is 0 Å². The van der Waals surface area contributed by atoms with Gasteiger partial charge in [-0.25, -0.2) is 9.97 Å². The molecule has 0 bridgehead atoms. The number of likely N-dealkylation sites (tertiary alicyclic amines) is 1. The SMILES string of the molecule is CCC(C)CC[C@H](C)CN1CCC2(CC1)CN(c1ncncc1C)C2. The molecule has 0 aliphatic carbocycles. The van der Waals surface area contributed by atoms with Gasteiger partial charge in [0.1, 0.15) is 12.1 Å². The third-order valence-electron chi connectivity index (χ3n) is 6.56. The average molecular weight is 345 g/mol. The second kappa shape index (κ2) is 8.03. The number of hydrogen-bond acceptors (Lipinski definition) is 4. The molecule has 0 N–H and O–H groups in total. The third-order valence-corrected chi connectivity index (χ3v) is 6.56. The highest BCUT2D eigenvalue weighted by molar-refractivity contribution is 5.48. The maximum Gasteiger partial charge on any atom is 0.134 e. The molecule has 3 heterocycles. The van der Waals surface area contributed by atoms with E-state index in [1.807, 2.05) is 6.20 Å². The number of rotatable bonds is 7. The van der Waals surface area contributed by atoms with Crippen LogP contribution in [0.4, 0.5) is 5.82 Å². The molecule has 2 fully saturated rings. The van der Waals surface area contributed by atoms with E-state index in [2.05, 4.69) is 47.5 Å². The standard InChI is InChI=1S/C21H36N4/c1-5-17(2)6-7-18(3)13-24-10-8-21(9-11-24)14-25(15-21)20-19(4)12-22-16-23-20/h12,16-18H,5-11,13-15H2,1-4H3/t17?,18-/m0/s1. The molecule has 0 amide bonds. The van der Waals surface area contributed by atoms with Crippen molar-refractivity contribution in [2.45, 2.75) is 59.8 Å². The first-order valence-electron chi connectivity index (χ1n) is 10.3. The van der Waals surface area contributed by atoms with Gasteiger partial charge >= 0.3 is 0 Å². The molecule has 2 aliphatic heterocycles. The molecule has 1 spiro atoms. The van der Waals surface area contributed by atoms with Crippen molar-refractivity contribution in [2.24, 2.45) is 17.3 Å². The van der Waals surface area contributed by atoms with Gasteiger partial charge < -0.3 is 9.80 Å². The molecule has 4 nitrogen and oxygen atoms in total. The van der Waals surface area contributed by atoms with E-state index in [4.69, 9.17) is 0 Å². The van der Waals surface area contributed by atoms with Crippen LogP contribution in [0.2, 0.25) is 0 Å². The van der Waals surface area contributed by atoms with E-state index in [-0.39, 0.29) is 0 Å². The summed E-state index contributed by atoms with van der Waals surface area (Å²) in [6.45, 7) is 15.5. The molecule has 0 radical (unpaired) electrons. The predicted octanol–water partition coefficient (Wildman–Crippen LogP) is 4.15. The Bertz CT molecular complexity index is 543. The molecule has 25 heavy (non-hydrogen) atoms. The fraction of sp³-hybridized carbons (Fsp3) is 0.810. The van der Waals surface area contributed by atoms with Gasteiger partial charge in [-0.3, -0.25) is 0 Å². The minimum atomic E-state index is 0.549. The zero-order valence-corrected chi connectivity index (χ0v) is 16.7. The van der Waals surface area contributed by atoms with E-state index in [9.17, 15) is 0 Å². The summed E-state index contributed by atoms with van der Waals surface area (Å²) in [4.78, 5) is 13.8. The summed E-state index contributed by atoms with van der Waals surface area (Å²) < 4.78 is 0. The Labute approximate surface area is 154 Å². The molecule has 1 unspecified atom stereocenters. The molecule has 0 aromatic carbocycles. The Kier molecular flexibility index (Phi) is 5.98. The summed E-state index contributed by atoms with van der Waals surface area (Å²) in [7, 11) is 0. The number of hydrogen-bond donors (Lipinski definition) is 0. The number of anilines is 1.